The fourth-order valence-electron chi connectivity index (χ4n) is 5.89. The van der Waals surface area contributed by atoms with Crippen LogP contribution in [0.5, 0.6) is 5.75 Å². The average molecular weight is 435 g/mol. The zero-order chi connectivity index (χ0) is 22.4. The molecule has 32 heavy (non-hydrogen) atoms. The first-order chi connectivity index (χ1) is 15.6. The van der Waals surface area contributed by atoms with Gasteiger partial charge in [0.1, 0.15) is 5.75 Å². The van der Waals surface area contributed by atoms with Crippen LogP contribution in [0.15, 0.2) is 48.5 Å². The topological polar surface area (TPSA) is 18.5 Å². The highest BCUT2D eigenvalue weighted by Gasteiger charge is 2.34. The first-order valence-electron chi connectivity index (χ1n) is 13.0. The number of aryl methyl sites for hydroxylation is 1. The molecule has 0 aromatic heterocycles. The molecule has 1 aliphatic heterocycles. The molecule has 2 fully saturated rings. The number of rotatable bonds is 8. The van der Waals surface area contributed by atoms with Gasteiger partial charge >= 0.3 is 0 Å². The SMILES string of the molecule is CCCC1CCC(CC(C)(c2ccc(C)cc2)c2ccc(OC3CCCCO3)cc2)CC1. The second-order valence-corrected chi connectivity index (χ2v) is 10.5. The van der Waals surface area contributed by atoms with Crippen LogP contribution in [0.4, 0.5) is 0 Å². The quantitative estimate of drug-likeness (QED) is 0.417. The third kappa shape index (κ3) is 5.76. The maximum Gasteiger partial charge on any atom is 0.199 e. The molecule has 0 spiro atoms. The second-order valence-electron chi connectivity index (χ2n) is 10.5. The minimum atomic E-state index is -0.0867. The van der Waals surface area contributed by atoms with Crippen LogP contribution in [0.2, 0.25) is 0 Å². The van der Waals surface area contributed by atoms with Gasteiger partial charge in [-0.05, 0) is 61.3 Å². The lowest BCUT2D eigenvalue weighted by Gasteiger charge is -2.38. The molecule has 1 heterocycles. The Kier molecular flexibility index (Phi) is 7.94. The first kappa shape index (κ1) is 23.4. The van der Waals surface area contributed by atoms with E-state index in [0.29, 0.717) is 0 Å². The highest BCUT2D eigenvalue weighted by atomic mass is 16.7. The normalized spacial score (nSPS) is 25.8. The highest BCUT2D eigenvalue weighted by molar-refractivity contribution is 5.41. The number of benzene rings is 2. The van der Waals surface area contributed by atoms with E-state index in [1.54, 1.807) is 0 Å². The lowest BCUT2D eigenvalue weighted by Crippen LogP contribution is -2.29. The molecule has 1 saturated carbocycles. The molecule has 0 radical (unpaired) electrons. The summed E-state index contributed by atoms with van der Waals surface area (Å²) in [6, 6.07) is 18.1. The van der Waals surface area contributed by atoms with Gasteiger partial charge in [0.05, 0.1) is 6.61 Å². The van der Waals surface area contributed by atoms with Crippen molar-refractivity contribution in [1.29, 1.82) is 0 Å². The molecule has 2 heteroatoms. The predicted octanol–water partition coefficient (Wildman–Crippen LogP) is 8.20. The van der Waals surface area contributed by atoms with Crippen molar-refractivity contribution >= 4 is 0 Å². The van der Waals surface area contributed by atoms with Crippen LogP contribution >= 0.6 is 0 Å². The molecule has 2 unspecified atom stereocenters. The smallest absolute Gasteiger partial charge is 0.199 e. The monoisotopic (exact) mass is 434 g/mol. The summed E-state index contributed by atoms with van der Waals surface area (Å²) >= 11 is 0. The molecule has 1 aliphatic carbocycles. The molecule has 2 atom stereocenters. The predicted molar refractivity (Wildman–Crippen MR) is 133 cm³/mol. The minimum absolute atomic E-state index is 0.0236. The van der Waals surface area contributed by atoms with Gasteiger partial charge in [-0.1, -0.05) is 94.3 Å². The molecule has 2 aromatic rings. The molecule has 2 nitrogen and oxygen atoms in total. The van der Waals surface area contributed by atoms with E-state index in [1.165, 1.54) is 68.1 Å². The van der Waals surface area contributed by atoms with E-state index < -0.39 is 0 Å². The van der Waals surface area contributed by atoms with E-state index in [0.717, 1.165) is 37.0 Å². The Morgan fingerprint density at radius 3 is 2.06 bits per heavy atom. The first-order valence-corrected chi connectivity index (χ1v) is 13.0. The van der Waals surface area contributed by atoms with E-state index in [1.807, 2.05) is 0 Å². The Bertz CT molecular complexity index is 811. The molecule has 2 aliphatic rings. The fraction of sp³-hybridized carbons (Fsp3) is 0.600. The van der Waals surface area contributed by atoms with Crippen LogP contribution in [0.1, 0.15) is 94.7 Å². The van der Waals surface area contributed by atoms with Gasteiger partial charge in [0.2, 0.25) is 0 Å². The van der Waals surface area contributed by atoms with Gasteiger partial charge in [-0.3, -0.25) is 0 Å². The summed E-state index contributed by atoms with van der Waals surface area (Å²) in [4.78, 5) is 0. The largest absolute Gasteiger partial charge is 0.465 e. The zero-order valence-electron chi connectivity index (χ0n) is 20.4. The van der Waals surface area contributed by atoms with Gasteiger partial charge in [-0.15, -0.1) is 0 Å². The summed E-state index contributed by atoms with van der Waals surface area (Å²) in [5, 5.41) is 0. The molecule has 4 rings (SSSR count). The summed E-state index contributed by atoms with van der Waals surface area (Å²) in [5.74, 6) is 2.69. The lowest BCUT2D eigenvalue weighted by atomic mass is 9.67. The van der Waals surface area contributed by atoms with Crippen molar-refractivity contribution in [3.63, 3.8) is 0 Å². The van der Waals surface area contributed by atoms with Crippen molar-refractivity contribution in [3.05, 3.63) is 65.2 Å². The summed E-state index contributed by atoms with van der Waals surface area (Å²) in [6.45, 7) is 7.77. The Balaban J connectivity index is 1.52. The van der Waals surface area contributed by atoms with Crippen molar-refractivity contribution in [3.8, 4) is 5.75 Å². The summed E-state index contributed by atoms with van der Waals surface area (Å²) in [5.41, 5.74) is 4.18. The number of hydrogen-bond donors (Lipinski definition) is 0. The van der Waals surface area contributed by atoms with E-state index in [2.05, 4.69) is 69.3 Å². The molecule has 0 N–H and O–H groups in total. The lowest BCUT2D eigenvalue weighted by molar-refractivity contribution is -0.105. The molecule has 0 amide bonds. The molecular weight excluding hydrogens is 392 g/mol. The van der Waals surface area contributed by atoms with Crippen LogP contribution in [-0.4, -0.2) is 12.9 Å². The minimum Gasteiger partial charge on any atom is -0.465 e. The van der Waals surface area contributed by atoms with E-state index in [9.17, 15) is 0 Å². The molecule has 0 bridgehead atoms. The number of hydrogen-bond acceptors (Lipinski definition) is 2. The summed E-state index contributed by atoms with van der Waals surface area (Å²) < 4.78 is 11.9. The second kappa shape index (κ2) is 10.9. The number of ether oxygens (including phenoxy) is 2. The molecular formula is C30H42O2. The van der Waals surface area contributed by atoms with Crippen LogP contribution < -0.4 is 4.74 Å². The van der Waals surface area contributed by atoms with Gasteiger partial charge in [0.15, 0.2) is 6.29 Å². The standard InChI is InChI=1S/C30H42O2/c1-4-7-24-11-13-25(14-12-24)22-30(3,26-15-9-23(2)10-16-26)27-17-19-28(20-18-27)32-29-8-5-6-21-31-29/h9-10,15-20,24-25,29H,4-8,11-14,21-22H2,1-3H3. The van der Waals surface area contributed by atoms with Crippen molar-refractivity contribution in [2.75, 3.05) is 6.61 Å². The Hall–Kier alpha value is -1.80. The molecule has 2 aromatic carbocycles. The van der Waals surface area contributed by atoms with Crippen molar-refractivity contribution < 1.29 is 9.47 Å². The van der Waals surface area contributed by atoms with Crippen molar-refractivity contribution in [2.45, 2.75) is 96.7 Å². The van der Waals surface area contributed by atoms with Crippen LogP contribution in [0, 0.1) is 18.8 Å². The van der Waals surface area contributed by atoms with Crippen LogP contribution in [0.25, 0.3) is 0 Å². The van der Waals surface area contributed by atoms with Crippen LogP contribution in [-0.2, 0) is 10.2 Å². The Morgan fingerprint density at radius 1 is 0.844 bits per heavy atom. The summed E-state index contributed by atoms with van der Waals surface area (Å²) in [6.07, 6.45) is 12.8. The Labute approximate surface area is 195 Å². The highest BCUT2D eigenvalue weighted by Crippen LogP contribution is 2.43. The molecule has 174 valence electrons. The van der Waals surface area contributed by atoms with E-state index in [4.69, 9.17) is 9.47 Å². The third-order valence-corrected chi connectivity index (χ3v) is 7.95. The maximum absolute atomic E-state index is 6.11. The van der Waals surface area contributed by atoms with Gasteiger partial charge in [-0.25, -0.2) is 0 Å². The van der Waals surface area contributed by atoms with Gasteiger partial charge in [-0.2, -0.15) is 0 Å². The average Bonchev–Trinajstić information content (AvgIpc) is 2.82. The van der Waals surface area contributed by atoms with Crippen molar-refractivity contribution in [1.82, 2.24) is 0 Å². The van der Waals surface area contributed by atoms with Crippen LogP contribution in [0.3, 0.4) is 0 Å². The van der Waals surface area contributed by atoms with Gasteiger partial charge in [0, 0.05) is 11.8 Å². The van der Waals surface area contributed by atoms with Gasteiger partial charge in [0.25, 0.3) is 0 Å². The van der Waals surface area contributed by atoms with Gasteiger partial charge < -0.3 is 9.47 Å². The zero-order valence-corrected chi connectivity index (χ0v) is 20.4. The fourth-order valence-corrected chi connectivity index (χ4v) is 5.89. The summed E-state index contributed by atoms with van der Waals surface area (Å²) in [7, 11) is 0. The maximum atomic E-state index is 6.11. The van der Waals surface area contributed by atoms with Crippen molar-refractivity contribution in [2.24, 2.45) is 11.8 Å². The van der Waals surface area contributed by atoms with E-state index >= 15 is 0 Å². The molecule has 1 saturated heterocycles. The Morgan fingerprint density at radius 2 is 1.47 bits per heavy atom. The third-order valence-electron chi connectivity index (χ3n) is 7.95. The van der Waals surface area contributed by atoms with E-state index in [-0.39, 0.29) is 11.7 Å².